The van der Waals surface area contributed by atoms with Crippen LogP contribution < -0.4 is 15.4 Å². The van der Waals surface area contributed by atoms with Crippen LogP contribution in [0.25, 0.3) is 0 Å². The van der Waals surface area contributed by atoms with E-state index in [0.717, 1.165) is 0 Å². The van der Waals surface area contributed by atoms with Gasteiger partial charge >= 0.3 is 0 Å². The molecule has 0 bridgehead atoms. The first kappa shape index (κ1) is 12.2. The Morgan fingerprint density at radius 2 is 2.37 bits per heavy atom. The molecule has 0 radical (unpaired) electrons. The number of primary amides is 1. The van der Waals surface area contributed by atoms with Gasteiger partial charge in [0, 0.05) is 12.6 Å². The van der Waals surface area contributed by atoms with E-state index in [-0.39, 0.29) is 18.4 Å². The van der Waals surface area contributed by atoms with Crippen molar-refractivity contribution in [3.05, 3.63) is 24.0 Å². The van der Waals surface area contributed by atoms with Crippen molar-refractivity contribution in [1.82, 2.24) is 4.90 Å². The minimum absolute atomic E-state index is 0.0128. The molecule has 2 aliphatic heterocycles. The highest BCUT2D eigenvalue weighted by Crippen LogP contribution is 2.37. The van der Waals surface area contributed by atoms with Gasteiger partial charge in [0.1, 0.15) is 18.2 Å². The van der Waals surface area contributed by atoms with Crippen molar-refractivity contribution >= 4 is 28.9 Å². The second-order valence-electron chi connectivity index (χ2n) is 4.58. The summed E-state index contributed by atoms with van der Waals surface area (Å²) >= 11 is 5.34. The van der Waals surface area contributed by atoms with E-state index >= 15 is 0 Å². The Hall–Kier alpha value is -1.89. The Bertz CT molecular complexity index is 566. The van der Waals surface area contributed by atoms with E-state index in [1.165, 1.54) is 12.1 Å². The SMILES string of the molecule is NC(=O)CN1CC2COc3ccc(F)cc3N2C1=S. The zero-order valence-corrected chi connectivity index (χ0v) is 10.8. The number of ether oxygens (including phenoxy) is 1. The molecule has 1 atom stereocenters. The minimum Gasteiger partial charge on any atom is -0.489 e. The molecule has 2 heterocycles. The molecule has 100 valence electrons. The highest BCUT2D eigenvalue weighted by molar-refractivity contribution is 7.80. The molecule has 19 heavy (non-hydrogen) atoms. The third-order valence-corrected chi connectivity index (χ3v) is 3.69. The van der Waals surface area contributed by atoms with Crippen molar-refractivity contribution in [2.75, 3.05) is 24.6 Å². The molecule has 1 unspecified atom stereocenters. The quantitative estimate of drug-likeness (QED) is 0.799. The number of hydrogen-bond donors (Lipinski definition) is 1. The number of fused-ring (bicyclic) bond motifs is 3. The summed E-state index contributed by atoms with van der Waals surface area (Å²) in [5.74, 6) is -0.192. The largest absolute Gasteiger partial charge is 0.489 e. The maximum Gasteiger partial charge on any atom is 0.237 e. The molecule has 1 aromatic carbocycles. The zero-order valence-electron chi connectivity index (χ0n) is 10.0. The number of thiocarbonyl (C=S) groups is 1. The summed E-state index contributed by atoms with van der Waals surface area (Å²) in [6, 6.07) is 4.31. The van der Waals surface area contributed by atoms with Crippen LogP contribution in [0.3, 0.4) is 0 Å². The van der Waals surface area contributed by atoms with Crippen molar-refractivity contribution < 1.29 is 13.9 Å². The van der Waals surface area contributed by atoms with E-state index in [2.05, 4.69) is 0 Å². The molecule has 0 saturated carbocycles. The lowest BCUT2D eigenvalue weighted by atomic mass is 10.2. The van der Waals surface area contributed by atoms with Crippen LogP contribution in [0.4, 0.5) is 10.1 Å². The maximum absolute atomic E-state index is 13.4. The van der Waals surface area contributed by atoms with Crippen LogP contribution in [-0.4, -0.2) is 41.7 Å². The number of carbonyl (C=O) groups excluding carboxylic acids is 1. The standard InChI is InChI=1S/C12H12FN3O2S/c13-7-1-2-10-9(3-7)16-8(6-18-10)4-15(12(16)19)5-11(14)17/h1-3,8H,4-6H2,(H2,14,17). The number of carbonyl (C=O) groups is 1. The van der Waals surface area contributed by atoms with Gasteiger partial charge in [0.05, 0.1) is 18.3 Å². The topological polar surface area (TPSA) is 58.8 Å². The van der Waals surface area contributed by atoms with Crippen LogP contribution in [0.1, 0.15) is 0 Å². The molecule has 1 saturated heterocycles. The molecule has 0 aromatic heterocycles. The van der Waals surface area contributed by atoms with Crippen molar-refractivity contribution in [1.29, 1.82) is 0 Å². The average Bonchev–Trinajstić information content (AvgIpc) is 2.66. The van der Waals surface area contributed by atoms with Gasteiger partial charge in [-0.05, 0) is 24.4 Å². The molecular formula is C12H12FN3O2S. The Morgan fingerprint density at radius 1 is 1.58 bits per heavy atom. The number of hydrogen-bond acceptors (Lipinski definition) is 3. The van der Waals surface area contributed by atoms with Gasteiger partial charge in [-0.2, -0.15) is 0 Å². The Balaban J connectivity index is 1.95. The lowest BCUT2D eigenvalue weighted by Gasteiger charge is -2.31. The number of rotatable bonds is 2. The van der Waals surface area contributed by atoms with E-state index in [9.17, 15) is 9.18 Å². The van der Waals surface area contributed by atoms with E-state index < -0.39 is 5.91 Å². The van der Waals surface area contributed by atoms with Crippen LogP contribution in [0.5, 0.6) is 5.75 Å². The van der Waals surface area contributed by atoms with Crippen molar-refractivity contribution in [2.24, 2.45) is 5.73 Å². The third-order valence-electron chi connectivity index (χ3n) is 3.23. The predicted molar refractivity (Wildman–Crippen MR) is 71.5 cm³/mol. The van der Waals surface area contributed by atoms with Crippen LogP contribution >= 0.6 is 12.2 Å². The smallest absolute Gasteiger partial charge is 0.237 e. The summed E-state index contributed by atoms with van der Waals surface area (Å²) in [5.41, 5.74) is 5.80. The molecule has 3 rings (SSSR count). The second kappa shape index (κ2) is 4.34. The number of benzene rings is 1. The van der Waals surface area contributed by atoms with Crippen molar-refractivity contribution in [3.63, 3.8) is 0 Å². The monoisotopic (exact) mass is 281 g/mol. The number of nitrogens with zero attached hydrogens (tertiary/aromatic N) is 2. The van der Waals surface area contributed by atoms with Gasteiger partial charge in [-0.25, -0.2) is 4.39 Å². The van der Waals surface area contributed by atoms with Gasteiger partial charge in [-0.1, -0.05) is 0 Å². The van der Waals surface area contributed by atoms with Crippen molar-refractivity contribution in [2.45, 2.75) is 6.04 Å². The first-order valence-corrected chi connectivity index (χ1v) is 6.26. The molecule has 1 fully saturated rings. The average molecular weight is 281 g/mol. The second-order valence-corrected chi connectivity index (χ2v) is 4.94. The fourth-order valence-corrected chi connectivity index (χ4v) is 2.84. The highest BCUT2D eigenvalue weighted by atomic mass is 32.1. The maximum atomic E-state index is 13.4. The summed E-state index contributed by atoms with van der Waals surface area (Å²) in [5, 5.41) is 0.485. The molecule has 7 heteroatoms. The van der Waals surface area contributed by atoms with Crippen LogP contribution in [0, 0.1) is 5.82 Å². The molecule has 5 nitrogen and oxygen atoms in total. The van der Waals surface area contributed by atoms with E-state index in [1.54, 1.807) is 11.0 Å². The fourth-order valence-electron chi connectivity index (χ4n) is 2.46. The van der Waals surface area contributed by atoms with Gasteiger partial charge in [0.2, 0.25) is 5.91 Å². The van der Waals surface area contributed by atoms with Gasteiger partial charge in [-0.15, -0.1) is 0 Å². The first-order valence-electron chi connectivity index (χ1n) is 5.85. The number of halogens is 1. The van der Waals surface area contributed by atoms with Gasteiger partial charge in [-0.3, -0.25) is 4.79 Å². The normalized spacial score (nSPS) is 20.9. The third kappa shape index (κ3) is 1.99. The first-order chi connectivity index (χ1) is 9.06. The number of nitrogens with two attached hydrogens (primary N) is 1. The molecule has 2 N–H and O–H groups in total. The summed E-state index contributed by atoms with van der Waals surface area (Å²) in [4.78, 5) is 14.6. The lowest BCUT2D eigenvalue weighted by Crippen LogP contribution is -2.42. The summed E-state index contributed by atoms with van der Waals surface area (Å²) in [6.07, 6.45) is 0. The van der Waals surface area contributed by atoms with Crippen LogP contribution in [0.15, 0.2) is 18.2 Å². The summed E-state index contributed by atoms with van der Waals surface area (Å²) in [7, 11) is 0. The Labute approximate surface area is 114 Å². The Morgan fingerprint density at radius 3 is 3.11 bits per heavy atom. The van der Waals surface area contributed by atoms with Gasteiger partial charge < -0.3 is 20.3 Å². The fraction of sp³-hybridized carbons (Fsp3) is 0.333. The van der Waals surface area contributed by atoms with Crippen LogP contribution in [-0.2, 0) is 4.79 Å². The molecule has 0 spiro atoms. The van der Waals surface area contributed by atoms with E-state index in [4.69, 9.17) is 22.7 Å². The zero-order chi connectivity index (χ0) is 13.6. The summed E-state index contributed by atoms with van der Waals surface area (Å²) < 4.78 is 19.0. The Kier molecular flexibility index (Phi) is 2.78. The lowest BCUT2D eigenvalue weighted by molar-refractivity contribution is -0.118. The molecule has 2 aliphatic rings. The summed E-state index contributed by atoms with van der Waals surface area (Å²) in [6.45, 7) is 1.07. The van der Waals surface area contributed by atoms with Gasteiger partial charge in [0.25, 0.3) is 0 Å². The molecule has 1 aromatic rings. The van der Waals surface area contributed by atoms with Crippen molar-refractivity contribution in [3.8, 4) is 5.75 Å². The number of anilines is 1. The minimum atomic E-state index is -0.442. The van der Waals surface area contributed by atoms with Crippen LogP contribution in [0.2, 0.25) is 0 Å². The van der Waals surface area contributed by atoms with Gasteiger partial charge in [0.15, 0.2) is 5.11 Å². The highest BCUT2D eigenvalue weighted by Gasteiger charge is 2.40. The predicted octanol–water partition coefficient (Wildman–Crippen LogP) is 0.479. The molecular weight excluding hydrogens is 269 g/mol. The molecule has 1 amide bonds. The van der Waals surface area contributed by atoms with E-state index in [1.807, 2.05) is 4.90 Å². The number of amides is 1. The van der Waals surface area contributed by atoms with E-state index in [0.29, 0.717) is 29.7 Å². The molecule has 0 aliphatic carbocycles.